The minimum atomic E-state index is -0.0597. The van der Waals surface area contributed by atoms with Gasteiger partial charge < -0.3 is 15.5 Å². The first-order chi connectivity index (χ1) is 11.6. The van der Waals surface area contributed by atoms with Crippen molar-refractivity contribution in [1.82, 2.24) is 9.91 Å². The third-order valence-corrected chi connectivity index (χ3v) is 6.51. The molecule has 4 N–H and O–H groups in total. The molecule has 0 aliphatic carbocycles. The number of nitrogens with two attached hydrogens (primary N) is 2. The number of fused-ring (bicyclic) bond motifs is 2. The molecule has 0 saturated carbocycles. The van der Waals surface area contributed by atoms with Gasteiger partial charge in [0.25, 0.3) is 0 Å². The first-order valence-electron chi connectivity index (χ1n) is 9.02. The van der Waals surface area contributed by atoms with Crippen LogP contribution in [0.2, 0.25) is 0 Å². The van der Waals surface area contributed by atoms with Crippen LogP contribution in [0, 0.1) is 0 Å². The molecule has 3 rings (SSSR count). The zero-order valence-electron chi connectivity index (χ0n) is 14.9. The van der Waals surface area contributed by atoms with Gasteiger partial charge in [0, 0.05) is 54.3 Å². The predicted molar refractivity (Wildman–Crippen MR) is 99.5 cm³/mol. The Morgan fingerprint density at radius 3 is 2.83 bits per heavy atom. The molecule has 1 saturated heterocycles. The molecule has 0 unspecified atom stereocenters. The highest BCUT2D eigenvalue weighted by molar-refractivity contribution is 7.12. The van der Waals surface area contributed by atoms with E-state index in [-0.39, 0.29) is 5.60 Å². The first kappa shape index (κ1) is 17.7. The fourth-order valence-electron chi connectivity index (χ4n) is 3.74. The molecule has 0 aromatic carbocycles. The van der Waals surface area contributed by atoms with E-state index in [0.717, 1.165) is 64.2 Å². The van der Waals surface area contributed by atoms with Crippen molar-refractivity contribution < 1.29 is 4.74 Å². The molecule has 134 valence electrons. The number of likely N-dealkylation sites (tertiary alicyclic amines) is 1. The number of ether oxygens (including phenoxy) is 1. The minimum absolute atomic E-state index is 0.0597. The first-order valence-corrected chi connectivity index (χ1v) is 9.84. The summed E-state index contributed by atoms with van der Waals surface area (Å²) in [5.74, 6) is 5.80. The van der Waals surface area contributed by atoms with E-state index < -0.39 is 0 Å². The summed E-state index contributed by atoms with van der Waals surface area (Å²) in [7, 11) is 0. The van der Waals surface area contributed by atoms with Gasteiger partial charge in [0.1, 0.15) is 0 Å². The topological polar surface area (TPSA) is 67.8 Å². The van der Waals surface area contributed by atoms with Crippen LogP contribution in [-0.2, 0) is 23.2 Å². The molecule has 2 aliphatic rings. The molecule has 3 heterocycles. The summed E-state index contributed by atoms with van der Waals surface area (Å²) < 4.78 is 6.33. The molecule has 0 atom stereocenters. The Bertz CT molecular complexity index is 590. The fourth-order valence-corrected chi connectivity index (χ4v) is 4.91. The van der Waals surface area contributed by atoms with Gasteiger partial charge in [-0.3, -0.25) is 4.90 Å². The smallest absolute Gasteiger partial charge is 0.0966 e. The van der Waals surface area contributed by atoms with E-state index in [4.69, 9.17) is 16.3 Å². The number of piperidine rings is 1. The molecular formula is C18H30N4OS. The predicted octanol–water partition coefficient (Wildman–Crippen LogP) is 2.17. The number of thiophene rings is 1. The van der Waals surface area contributed by atoms with Gasteiger partial charge in [-0.05, 0) is 37.8 Å². The molecule has 2 aliphatic heterocycles. The lowest BCUT2D eigenvalue weighted by molar-refractivity contribution is -0.0961. The lowest BCUT2D eigenvalue weighted by Gasteiger charge is -2.44. The number of nitrogens with zero attached hydrogens (tertiary/aromatic N) is 2. The summed E-state index contributed by atoms with van der Waals surface area (Å²) in [5, 5.41) is 1.63. The average molecular weight is 351 g/mol. The molecule has 1 spiro atoms. The van der Waals surface area contributed by atoms with E-state index in [9.17, 15) is 0 Å². The van der Waals surface area contributed by atoms with Crippen LogP contribution in [0.5, 0.6) is 0 Å². The fraction of sp³-hybridized carbons (Fsp3) is 0.667. The van der Waals surface area contributed by atoms with E-state index in [2.05, 4.69) is 17.9 Å². The van der Waals surface area contributed by atoms with Crippen LogP contribution in [0.4, 0.5) is 0 Å². The SMILES string of the molecule is CCc1cc2c(s1)CCOC21CCN(C/C(N)=C/N(N)CC)CC1. The van der Waals surface area contributed by atoms with Gasteiger partial charge in [0.15, 0.2) is 0 Å². The number of hydrogen-bond donors (Lipinski definition) is 2. The average Bonchev–Trinajstić information content (AvgIpc) is 3.02. The summed E-state index contributed by atoms with van der Waals surface area (Å²) >= 11 is 1.98. The van der Waals surface area contributed by atoms with Crippen molar-refractivity contribution >= 4 is 11.3 Å². The molecule has 0 amide bonds. The largest absolute Gasteiger partial charge is 0.400 e. The van der Waals surface area contributed by atoms with Crippen LogP contribution in [-0.4, -0.2) is 42.7 Å². The van der Waals surface area contributed by atoms with Crippen molar-refractivity contribution in [2.45, 2.75) is 45.1 Å². The Morgan fingerprint density at radius 1 is 1.42 bits per heavy atom. The molecule has 5 nitrogen and oxygen atoms in total. The van der Waals surface area contributed by atoms with Crippen LogP contribution in [0.25, 0.3) is 0 Å². The Hall–Kier alpha value is -1.08. The van der Waals surface area contributed by atoms with Gasteiger partial charge in [-0.15, -0.1) is 11.3 Å². The van der Waals surface area contributed by atoms with Crippen LogP contribution < -0.4 is 11.6 Å². The van der Waals surface area contributed by atoms with Crippen LogP contribution in [0.15, 0.2) is 18.0 Å². The van der Waals surface area contributed by atoms with Crippen LogP contribution in [0.3, 0.4) is 0 Å². The molecule has 0 radical (unpaired) electrons. The van der Waals surface area contributed by atoms with Crippen molar-refractivity contribution in [3.05, 3.63) is 33.3 Å². The summed E-state index contributed by atoms with van der Waals surface area (Å²) in [4.78, 5) is 5.44. The molecule has 1 aromatic rings. The monoisotopic (exact) mass is 350 g/mol. The second kappa shape index (κ2) is 7.44. The van der Waals surface area contributed by atoms with E-state index in [1.807, 2.05) is 24.5 Å². The van der Waals surface area contributed by atoms with Gasteiger partial charge >= 0.3 is 0 Å². The number of rotatable bonds is 5. The summed E-state index contributed by atoms with van der Waals surface area (Å²) in [5.41, 5.74) is 8.35. The van der Waals surface area contributed by atoms with Gasteiger partial charge in [-0.1, -0.05) is 6.92 Å². The van der Waals surface area contributed by atoms with Crippen molar-refractivity contribution in [3.63, 3.8) is 0 Å². The Morgan fingerprint density at radius 2 is 2.17 bits per heavy atom. The lowest BCUT2D eigenvalue weighted by atomic mass is 9.82. The van der Waals surface area contributed by atoms with E-state index in [0.29, 0.717) is 0 Å². The Balaban J connectivity index is 1.65. The van der Waals surface area contributed by atoms with Crippen molar-refractivity contribution in [2.24, 2.45) is 11.6 Å². The molecule has 24 heavy (non-hydrogen) atoms. The summed E-state index contributed by atoms with van der Waals surface area (Å²) in [6.07, 6.45) is 6.13. The minimum Gasteiger partial charge on any atom is -0.400 e. The maximum atomic E-state index is 6.33. The third kappa shape index (κ3) is 3.61. The van der Waals surface area contributed by atoms with E-state index >= 15 is 0 Å². The second-order valence-electron chi connectivity index (χ2n) is 6.81. The summed E-state index contributed by atoms with van der Waals surface area (Å²) in [6, 6.07) is 2.40. The summed E-state index contributed by atoms with van der Waals surface area (Å²) in [6.45, 7) is 8.68. The molecular weight excluding hydrogens is 320 g/mol. The number of hydrogen-bond acceptors (Lipinski definition) is 6. The maximum Gasteiger partial charge on any atom is 0.0966 e. The molecule has 0 bridgehead atoms. The lowest BCUT2D eigenvalue weighted by Crippen LogP contribution is -2.47. The Kier molecular flexibility index (Phi) is 5.49. The Labute approximate surface area is 149 Å². The highest BCUT2D eigenvalue weighted by Gasteiger charge is 2.41. The molecule has 1 aromatic heterocycles. The number of aryl methyl sites for hydroxylation is 1. The highest BCUT2D eigenvalue weighted by Crippen LogP contribution is 2.44. The maximum absolute atomic E-state index is 6.33. The van der Waals surface area contributed by atoms with Gasteiger partial charge in [-0.25, -0.2) is 5.84 Å². The standard InChI is InChI=1S/C18H30N4OS/c1-3-15-11-16-17(24-15)5-10-23-18(16)6-8-21(9-7-18)12-14(19)13-22(20)4-2/h11,13H,3-10,12,19-20H2,1-2H3/b14-13-. The number of hydrazine groups is 1. The van der Waals surface area contributed by atoms with Crippen LogP contribution >= 0.6 is 11.3 Å². The van der Waals surface area contributed by atoms with Gasteiger partial charge in [0.05, 0.1) is 12.2 Å². The van der Waals surface area contributed by atoms with E-state index in [1.165, 1.54) is 10.4 Å². The molecule has 1 fully saturated rings. The van der Waals surface area contributed by atoms with E-state index in [1.54, 1.807) is 9.89 Å². The van der Waals surface area contributed by atoms with Crippen molar-refractivity contribution in [1.29, 1.82) is 0 Å². The van der Waals surface area contributed by atoms with Crippen LogP contribution in [0.1, 0.15) is 42.0 Å². The van der Waals surface area contributed by atoms with Crippen molar-refractivity contribution in [2.75, 3.05) is 32.8 Å². The second-order valence-corrected chi connectivity index (χ2v) is 8.03. The quantitative estimate of drug-likeness (QED) is 0.629. The van der Waals surface area contributed by atoms with Gasteiger partial charge in [-0.2, -0.15) is 0 Å². The van der Waals surface area contributed by atoms with Crippen molar-refractivity contribution in [3.8, 4) is 0 Å². The highest BCUT2D eigenvalue weighted by atomic mass is 32.1. The zero-order chi connectivity index (χ0) is 17.2. The zero-order valence-corrected chi connectivity index (χ0v) is 15.7. The molecule has 6 heteroatoms. The third-order valence-electron chi connectivity index (χ3n) is 5.17. The normalized spacial score (nSPS) is 21.0. The van der Waals surface area contributed by atoms with Gasteiger partial charge in [0.2, 0.25) is 0 Å².